The van der Waals surface area contributed by atoms with Gasteiger partial charge in [-0.3, -0.25) is 0 Å². The maximum absolute atomic E-state index is 4.36. The molecule has 0 aromatic carbocycles. The molecule has 0 amide bonds. The number of pyridine rings is 1. The fourth-order valence-electron chi connectivity index (χ4n) is 1.97. The molecule has 0 fully saturated rings. The molecule has 0 bridgehead atoms. The van der Waals surface area contributed by atoms with Crippen molar-refractivity contribution < 1.29 is 0 Å². The van der Waals surface area contributed by atoms with Crippen molar-refractivity contribution in [2.75, 3.05) is 11.9 Å². The van der Waals surface area contributed by atoms with E-state index in [2.05, 4.69) is 38.4 Å². The Balaban J connectivity index is 1.84. The molecule has 86 valence electrons. The predicted molar refractivity (Wildman–Crippen MR) is 71.7 cm³/mol. The highest BCUT2D eigenvalue weighted by Gasteiger charge is 2.05. The summed E-state index contributed by atoms with van der Waals surface area (Å²) in [5, 5.41) is 3.37. The van der Waals surface area contributed by atoms with Gasteiger partial charge in [-0.15, -0.1) is 0 Å². The maximum atomic E-state index is 4.36. The van der Waals surface area contributed by atoms with Crippen LogP contribution in [0.25, 0.3) is 0 Å². The van der Waals surface area contributed by atoms with Crippen LogP contribution in [0.3, 0.4) is 0 Å². The number of aromatic nitrogens is 1. The van der Waals surface area contributed by atoms with Gasteiger partial charge in [0.15, 0.2) is 0 Å². The van der Waals surface area contributed by atoms with E-state index in [-0.39, 0.29) is 0 Å². The quantitative estimate of drug-likeness (QED) is 0.842. The van der Waals surface area contributed by atoms with E-state index in [1.807, 2.05) is 13.1 Å². The first-order valence-electron chi connectivity index (χ1n) is 5.79. The first-order chi connectivity index (χ1) is 7.75. The van der Waals surface area contributed by atoms with Crippen LogP contribution in [0.4, 0.5) is 5.82 Å². The second-order valence-electron chi connectivity index (χ2n) is 4.27. The first-order valence-corrected chi connectivity index (χ1v) is 6.59. The highest BCUT2D eigenvalue weighted by Crippen LogP contribution is 2.23. The van der Waals surface area contributed by atoms with E-state index in [1.54, 1.807) is 5.57 Å². The lowest BCUT2D eigenvalue weighted by molar-refractivity contribution is 0.861. The van der Waals surface area contributed by atoms with Crippen LogP contribution < -0.4 is 5.32 Å². The Labute approximate surface area is 105 Å². The van der Waals surface area contributed by atoms with Gasteiger partial charge in [0.1, 0.15) is 5.82 Å². The Morgan fingerprint density at radius 1 is 1.50 bits per heavy atom. The number of aryl methyl sites for hydroxylation is 1. The number of hydrogen-bond donors (Lipinski definition) is 1. The maximum Gasteiger partial charge on any atom is 0.140 e. The molecular weight excluding hydrogens is 264 g/mol. The summed E-state index contributed by atoms with van der Waals surface area (Å²) in [5.41, 5.74) is 2.77. The Kier molecular flexibility index (Phi) is 3.99. The number of nitrogens with one attached hydrogen (secondary N) is 1. The lowest BCUT2D eigenvalue weighted by Crippen LogP contribution is -2.04. The summed E-state index contributed by atoms with van der Waals surface area (Å²) in [6.45, 7) is 3.02. The van der Waals surface area contributed by atoms with Crippen molar-refractivity contribution in [3.63, 3.8) is 0 Å². The van der Waals surface area contributed by atoms with Gasteiger partial charge in [0.2, 0.25) is 0 Å². The second kappa shape index (κ2) is 5.48. The van der Waals surface area contributed by atoms with E-state index in [1.165, 1.54) is 24.8 Å². The highest BCUT2D eigenvalue weighted by molar-refractivity contribution is 9.10. The summed E-state index contributed by atoms with van der Waals surface area (Å²) in [5.74, 6) is 0.948. The minimum Gasteiger partial charge on any atom is -0.369 e. The molecule has 0 radical (unpaired) electrons. The third-order valence-electron chi connectivity index (χ3n) is 2.85. The van der Waals surface area contributed by atoms with Gasteiger partial charge in [-0.05, 0) is 60.2 Å². The Hall–Kier alpha value is -0.830. The molecule has 0 spiro atoms. The number of allylic oxidation sites excluding steroid dienone is 1. The van der Waals surface area contributed by atoms with Crippen LogP contribution in [0, 0.1) is 6.92 Å². The van der Waals surface area contributed by atoms with Crippen molar-refractivity contribution >= 4 is 21.7 Å². The SMILES string of the molecule is Cc1cnc(NCCC2=CCCC2)c(Br)c1. The third-order valence-corrected chi connectivity index (χ3v) is 3.46. The lowest BCUT2D eigenvalue weighted by Gasteiger charge is -2.08. The van der Waals surface area contributed by atoms with Crippen molar-refractivity contribution in [3.8, 4) is 0 Å². The molecule has 3 heteroatoms. The Morgan fingerprint density at radius 2 is 2.38 bits per heavy atom. The van der Waals surface area contributed by atoms with Crippen LogP contribution in [0.15, 0.2) is 28.4 Å². The summed E-state index contributed by atoms with van der Waals surface area (Å²) < 4.78 is 1.05. The molecule has 0 aliphatic heterocycles. The van der Waals surface area contributed by atoms with Crippen LogP contribution >= 0.6 is 15.9 Å². The number of anilines is 1. The number of rotatable bonds is 4. The zero-order valence-electron chi connectivity index (χ0n) is 9.59. The van der Waals surface area contributed by atoms with Gasteiger partial charge in [0, 0.05) is 12.7 Å². The molecule has 1 aromatic rings. The monoisotopic (exact) mass is 280 g/mol. The number of halogens is 1. The van der Waals surface area contributed by atoms with Gasteiger partial charge < -0.3 is 5.32 Å². The fraction of sp³-hybridized carbons (Fsp3) is 0.462. The molecule has 1 aliphatic carbocycles. The van der Waals surface area contributed by atoms with E-state index < -0.39 is 0 Å². The van der Waals surface area contributed by atoms with Crippen LogP contribution in [0.1, 0.15) is 31.2 Å². The summed E-state index contributed by atoms with van der Waals surface area (Å²) in [7, 11) is 0. The van der Waals surface area contributed by atoms with E-state index in [0.29, 0.717) is 0 Å². The minimum absolute atomic E-state index is 0.948. The van der Waals surface area contributed by atoms with Gasteiger partial charge in [0.05, 0.1) is 4.47 Å². The Morgan fingerprint density at radius 3 is 3.06 bits per heavy atom. The normalized spacial score (nSPS) is 15.0. The first kappa shape index (κ1) is 11.6. The summed E-state index contributed by atoms with van der Waals surface area (Å²) >= 11 is 3.52. The van der Waals surface area contributed by atoms with Crippen molar-refractivity contribution in [3.05, 3.63) is 33.9 Å². The van der Waals surface area contributed by atoms with Crippen LogP contribution in [-0.2, 0) is 0 Å². The van der Waals surface area contributed by atoms with E-state index in [4.69, 9.17) is 0 Å². The summed E-state index contributed by atoms with van der Waals surface area (Å²) in [6.07, 6.45) is 9.29. The molecule has 1 aromatic heterocycles. The molecule has 0 atom stereocenters. The molecule has 16 heavy (non-hydrogen) atoms. The average molecular weight is 281 g/mol. The predicted octanol–water partition coefficient (Wildman–Crippen LogP) is 4.06. The zero-order chi connectivity index (χ0) is 11.4. The van der Waals surface area contributed by atoms with Crippen molar-refractivity contribution in [1.82, 2.24) is 4.98 Å². The van der Waals surface area contributed by atoms with Gasteiger partial charge in [-0.1, -0.05) is 11.6 Å². The molecule has 2 nitrogen and oxygen atoms in total. The molecule has 1 heterocycles. The number of hydrogen-bond acceptors (Lipinski definition) is 2. The molecule has 0 saturated carbocycles. The molecule has 0 saturated heterocycles. The lowest BCUT2D eigenvalue weighted by atomic mass is 10.2. The standard InChI is InChI=1S/C13H17BrN2/c1-10-8-12(14)13(16-9-10)15-7-6-11-4-2-3-5-11/h4,8-9H,2-3,5-7H2,1H3,(H,15,16). The molecule has 2 rings (SSSR count). The highest BCUT2D eigenvalue weighted by atomic mass is 79.9. The summed E-state index contributed by atoms with van der Waals surface area (Å²) in [6, 6.07) is 2.09. The molecular formula is C13H17BrN2. The van der Waals surface area contributed by atoms with Crippen molar-refractivity contribution in [2.45, 2.75) is 32.6 Å². The van der Waals surface area contributed by atoms with Gasteiger partial charge in [-0.25, -0.2) is 4.98 Å². The van der Waals surface area contributed by atoms with Crippen LogP contribution in [0.2, 0.25) is 0 Å². The largest absolute Gasteiger partial charge is 0.369 e. The Bertz CT molecular complexity index is 399. The van der Waals surface area contributed by atoms with Crippen LogP contribution in [-0.4, -0.2) is 11.5 Å². The van der Waals surface area contributed by atoms with Gasteiger partial charge in [0.25, 0.3) is 0 Å². The summed E-state index contributed by atoms with van der Waals surface area (Å²) in [4.78, 5) is 4.36. The van der Waals surface area contributed by atoms with E-state index >= 15 is 0 Å². The molecule has 1 N–H and O–H groups in total. The van der Waals surface area contributed by atoms with E-state index in [9.17, 15) is 0 Å². The minimum atomic E-state index is 0.948. The van der Waals surface area contributed by atoms with E-state index in [0.717, 1.165) is 23.3 Å². The smallest absolute Gasteiger partial charge is 0.140 e. The third kappa shape index (κ3) is 3.08. The van der Waals surface area contributed by atoms with Gasteiger partial charge in [-0.2, -0.15) is 0 Å². The topological polar surface area (TPSA) is 24.9 Å². The molecule has 0 unspecified atom stereocenters. The van der Waals surface area contributed by atoms with Gasteiger partial charge >= 0.3 is 0 Å². The molecule has 1 aliphatic rings. The van der Waals surface area contributed by atoms with Crippen molar-refractivity contribution in [1.29, 1.82) is 0 Å². The average Bonchev–Trinajstić information content (AvgIpc) is 2.74. The van der Waals surface area contributed by atoms with Crippen molar-refractivity contribution in [2.24, 2.45) is 0 Å². The second-order valence-corrected chi connectivity index (χ2v) is 5.13. The zero-order valence-corrected chi connectivity index (χ0v) is 11.2. The van der Waals surface area contributed by atoms with Crippen LogP contribution in [0.5, 0.6) is 0 Å². The fourth-order valence-corrected chi connectivity index (χ4v) is 2.57. The number of nitrogens with zero attached hydrogens (tertiary/aromatic N) is 1.